The molecule has 118 valence electrons. The molecule has 0 aliphatic heterocycles. The third-order valence-corrected chi connectivity index (χ3v) is 3.76. The van der Waals surface area contributed by atoms with Gasteiger partial charge in [-0.3, -0.25) is 0 Å². The highest BCUT2D eigenvalue weighted by Gasteiger charge is 2.22. The van der Waals surface area contributed by atoms with Gasteiger partial charge in [-0.25, -0.2) is 9.78 Å². The Bertz CT molecular complexity index is 812. The van der Waals surface area contributed by atoms with Crippen LogP contribution in [0.25, 0.3) is 11.0 Å². The highest BCUT2D eigenvalue weighted by atomic mass is 16.5. The van der Waals surface area contributed by atoms with Crippen molar-refractivity contribution in [1.29, 1.82) is 0 Å². The molecule has 0 saturated carbocycles. The summed E-state index contributed by atoms with van der Waals surface area (Å²) in [6.45, 7) is 1.75. The lowest BCUT2D eigenvalue weighted by Crippen LogP contribution is -2.21. The molecule has 3 rings (SSSR count). The second-order valence-corrected chi connectivity index (χ2v) is 5.31. The lowest BCUT2D eigenvalue weighted by Gasteiger charge is -2.16. The van der Waals surface area contributed by atoms with Crippen LogP contribution in [0, 0.1) is 0 Å². The van der Waals surface area contributed by atoms with Crippen molar-refractivity contribution < 1.29 is 14.6 Å². The van der Waals surface area contributed by atoms with Crippen molar-refractivity contribution in [3.05, 3.63) is 66.0 Å². The lowest BCUT2D eigenvalue weighted by molar-refractivity contribution is -0.148. The maximum atomic E-state index is 12.4. The van der Waals surface area contributed by atoms with E-state index in [1.165, 1.54) is 0 Å². The standard InChI is InChI=1S/C18H18N2O3/c1-13(18(22)23-12-14-7-3-2-4-8-14)20-16-10-6-5-9-15(16)19-17(20)11-21/h2-10,13,21H,11-12H2,1H3. The zero-order valence-electron chi connectivity index (χ0n) is 12.8. The van der Waals surface area contributed by atoms with Crippen LogP contribution in [-0.4, -0.2) is 20.6 Å². The fourth-order valence-electron chi connectivity index (χ4n) is 2.59. The molecule has 2 aromatic carbocycles. The van der Waals surface area contributed by atoms with Gasteiger partial charge in [-0.15, -0.1) is 0 Å². The summed E-state index contributed by atoms with van der Waals surface area (Å²) in [7, 11) is 0. The number of para-hydroxylation sites is 2. The molecule has 1 N–H and O–H groups in total. The summed E-state index contributed by atoms with van der Waals surface area (Å²) in [6, 6.07) is 16.5. The average molecular weight is 310 g/mol. The number of carbonyl (C=O) groups excluding carboxylic acids is 1. The molecule has 23 heavy (non-hydrogen) atoms. The summed E-state index contributed by atoms with van der Waals surface area (Å²) in [5.41, 5.74) is 2.49. The maximum Gasteiger partial charge on any atom is 0.329 e. The van der Waals surface area contributed by atoms with E-state index in [0.717, 1.165) is 16.6 Å². The van der Waals surface area contributed by atoms with Gasteiger partial charge in [0.05, 0.1) is 11.0 Å². The van der Waals surface area contributed by atoms with Crippen LogP contribution in [0.5, 0.6) is 0 Å². The number of ether oxygens (including phenoxy) is 1. The Labute approximate surface area is 134 Å². The van der Waals surface area contributed by atoms with Gasteiger partial charge in [0.25, 0.3) is 0 Å². The van der Waals surface area contributed by atoms with Gasteiger partial charge >= 0.3 is 5.97 Å². The Kier molecular flexibility index (Phi) is 4.39. The van der Waals surface area contributed by atoms with Gasteiger partial charge < -0.3 is 14.4 Å². The van der Waals surface area contributed by atoms with Crippen molar-refractivity contribution in [3.63, 3.8) is 0 Å². The first kappa shape index (κ1) is 15.2. The Morgan fingerprint density at radius 2 is 1.87 bits per heavy atom. The van der Waals surface area contributed by atoms with Crippen LogP contribution in [0.2, 0.25) is 0 Å². The summed E-state index contributed by atoms with van der Waals surface area (Å²) in [4.78, 5) is 16.7. The number of hydrogen-bond acceptors (Lipinski definition) is 4. The van der Waals surface area contributed by atoms with Crippen LogP contribution in [-0.2, 0) is 22.7 Å². The van der Waals surface area contributed by atoms with Gasteiger partial charge in [-0.1, -0.05) is 42.5 Å². The Balaban J connectivity index is 1.82. The highest BCUT2D eigenvalue weighted by molar-refractivity contribution is 5.81. The third kappa shape index (κ3) is 3.10. The molecule has 0 aliphatic carbocycles. The van der Waals surface area contributed by atoms with Gasteiger partial charge in [0.2, 0.25) is 0 Å². The zero-order valence-corrected chi connectivity index (χ0v) is 12.8. The number of imidazole rings is 1. The van der Waals surface area contributed by atoms with Gasteiger partial charge in [0.1, 0.15) is 25.1 Å². The third-order valence-electron chi connectivity index (χ3n) is 3.76. The minimum absolute atomic E-state index is 0.227. The molecule has 3 aromatic rings. The second kappa shape index (κ2) is 6.62. The van der Waals surface area contributed by atoms with Crippen molar-refractivity contribution in [3.8, 4) is 0 Å². The van der Waals surface area contributed by atoms with Crippen molar-refractivity contribution in [2.45, 2.75) is 26.2 Å². The molecule has 0 aliphatic rings. The van der Waals surface area contributed by atoms with Gasteiger partial charge in [0, 0.05) is 0 Å². The number of nitrogens with zero attached hydrogens (tertiary/aromatic N) is 2. The van der Waals surface area contributed by atoms with Crippen LogP contribution >= 0.6 is 0 Å². The Morgan fingerprint density at radius 3 is 2.61 bits per heavy atom. The van der Waals surface area contributed by atoms with Gasteiger partial charge in [0.15, 0.2) is 0 Å². The lowest BCUT2D eigenvalue weighted by atomic mass is 10.2. The normalized spacial score (nSPS) is 12.3. The SMILES string of the molecule is CC(C(=O)OCc1ccccc1)n1c(CO)nc2ccccc21. The van der Waals surface area contributed by atoms with E-state index in [1.807, 2.05) is 54.6 Å². The molecule has 1 aromatic heterocycles. The first-order chi connectivity index (χ1) is 11.2. The number of fused-ring (bicyclic) bond motifs is 1. The molecule has 0 saturated heterocycles. The van der Waals surface area contributed by atoms with Crippen LogP contribution in [0.4, 0.5) is 0 Å². The number of hydrogen-bond donors (Lipinski definition) is 1. The van der Waals surface area contributed by atoms with E-state index in [-0.39, 0.29) is 19.2 Å². The molecule has 1 atom stereocenters. The number of carbonyl (C=O) groups is 1. The molecule has 0 spiro atoms. The topological polar surface area (TPSA) is 64.3 Å². The van der Waals surface area contributed by atoms with Gasteiger partial charge in [-0.05, 0) is 24.6 Å². The van der Waals surface area contributed by atoms with E-state index in [9.17, 15) is 9.90 Å². The van der Waals surface area contributed by atoms with Crippen LogP contribution in [0.1, 0.15) is 24.4 Å². The van der Waals surface area contributed by atoms with Gasteiger partial charge in [-0.2, -0.15) is 0 Å². The fourth-order valence-corrected chi connectivity index (χ4v) is 2.59. The van der Waals surface area contributed by atoms with Crippen LogP contribution in [0.15, 0.2) is 54.6 Å². The minimum Gasteiger partial charge on any atom is -0.459 e. The number of benzene rings is 2. The molecular formula is C18H18N2O3. The van der Waals surface area contributed by atoms with E-state index in [2.05, 4.69) is 4.98 Å². The Hall–Kier alpha value is -2.66. The van der Waals surface area contributed by atoms with E-state index in [0.29, 0.717) is 5.82 Å². The zero-order chi connectivity index (χ0) is 16.2. The predicted octanol–water partition coefficient (Wildman–Crippen LogP) is 2.83. The van der Waals surface area contributed by atoms with E-state index in [4.69, 9.17) is 4.74 Å². The van der Waals surface area contributed by atoms with Crippen LogP contribution < -0.4 is 0 Å². The van der Waals surface area contributed by atoms with Crippen molar-refractivity contribution in [1.82, 2.24) is 9.55 Å². The summed E-state index contributed by atoms with van der Waals surface area (Å²) >= 11 is 0. The highest BCUT2D eigenvalue weighted by Crippen LogP contribution is 2.22. The summed E-state index contributed by atoms with van der Waals surface area (Å²) in [6.07, 6.45) is 0. The number of aliphatic hydroxyl groups excluding tert-OH is 1. The first-order valence-corrected chi connectivity index (χ1v) is 7.48. The second-order valence-electron chi connectivity index (χ2n) is 5.31. The largest absolute Gasteiger partial charge is 0.459 e. The molecule has 0 fully saturated rings. The fraction of sp³-hybridized carbons (Fsp3) is 0.222. The summed E-state index contributed by atoms with van der Waals surface area (Å²) in [5, 5.41) is 9.52. The van der Waals surface area contributed by atoms with Crippen molar-refractivity contribution in [2.24, 2.45) is 0 Å². The smallest absolute Gasteiger partial charge is 0.329 e. The monoisotopic (exact) mass is 310 g/mol. The van der Waals surface area contributed by atoms with E-state index in [1.54, 1.807) is 11.5 Å². The average Bonchev–Trinajstić information content (AvgIpc) is 2.98. The number of aromatic nitrogens is 2. The molecule has 0 bridgehead atoms. The predicted molar refractivity (Wildman–Crippen MR) is 86.6 cm³/mol. The minimum atomic E-state index is -0.562. The Morgan fingerprint density at radius 1 is 1.17 bits per heavy atom. The molecule has 5 nitrogen and oxygen atoms in total. The molecule has 1 unspecified atom stereocenters. The van der Waals surface area contributed by atoms with E-state index < -0.39 is 6.04 Å². The van der Waals surface area contributed by atoms with Crippen LogP contribution in [0.3, 0.4) is 0 Å². The number of aliphatic hydroxyl groups is 1. The molecule has 1 heterocycles. The molecular weight excluding hydrogens is 292 g/mol. The van der Waals surface area contributed by atoms with Crippen molar-refractivity contribution in [2.75, 3.05) is 0 Å². The first-order valence-electron chi connectivity index (χ1n) is 7.48. The molecule has 0 amide bonds. The maximum absolute atomic E-state index is 12.4. The molecule has 0 radical (unpaired) electrons. The summed E-state index contributed by atoms with van der Waals surface area (Å²) in [5.74, 6) is 0.0991. The molecule has 5 heteroatoms. The summed E-state index contributed by atoms with van der Waals surface area (Å²) < 4.78 is 7.12. The quantitative estimate of drug-likeness (QED) is 0.736. The van der Waals surface area contributed by atoms with Crippen molar-refractivity contribution >= 4 is 17.0 Å². The van der Waals surface area contributed by atoms with E-state index >= 15 is 0 Å². The number of esters is 1. The number of rotatable bonds is 5.